The first-order valence-electron chi connectivity index (χ1n) is 13.0. The van der Waals surface area contributed by atoms with Gasteiger partial charge in [0.05, 0.1) is 18.4 Å². The van der Waals surface area contributed by atoms with Gasteiger partial charge in [-0.25, -0.2) is 4.79 Å². The van der Waals surface area contributed by atoms with E-state index in [1.807, 2.05) is 54.6 Å². The zero-order valence-corrected chi connectivity index (χ0v) is 21.0. The van der Waals surface area contributed by atoms with Gasteiger partial charge in [0.2, 0.25) is 0 Å². The van der Waals surface area contributed by atoms with Crippen molar-refractivity contribution in [2.24, 2.45) is 0 Å². The monoisotopic (exact) mass is 482 g/mol. The quantitative estimate of drug-likeness (QED) is 0.326. The summed E-state index contributed by atoms with van der Waals surface area (Å²) in [5, 5.41) is 26.1. The van der Waals surface area contributed by atoms with Gasteiger partial charge in [0.1, 0.15) is 0 Å². The van der Waals surface area contributed by atoms with Crippen molar-refractivity contribution >= 4 is 11.7 Å². The van der Waals surface area contributed by atoms with Crippen LogP contribution in [-0.4, -0.2) is 84.1 Å². The maximum Gasteiger partial charge on any atom is 0.319 e. The zero-order chi connectivity index (χ0) is 24.9. The number of aliphatic hydroxyl groups is 2. The minimum absolute atomic E-state index is 0.118. The third-order valence-corrected chi connectivity index (χ3v) is 6.61. The molecule has 7 nitrogen and oxygen atoms in total. The number of nitrogens with zero attached hydrogens (tertiary/aromatic N) is 2. The summed E-state index contributed by atoms with van der Waals surface area (Å²) in [6, 6.07) is 17.8. The number of para-hydroxylation sites is 1. The standard InChI is InChI=1S/C28H42N4O3/c1-2-3-9-16-31(19-20-33)21-25(34)22-32-17-14-24(15-18-32)29-28(35)30-27-13-8-7-12-26(27)23-10-5-4-6-11-23/h4-8,10-13,24-25,33-34H,2-3,9,14-22H2,1H3,(H2,29,30,35). The number of hydrogen-bond acceptors (Lipinski definition) is 5. The summed E-state index contributed by atoms with van der Waals surface area (Å²) in [7, 11) is 0. The first kappa shape index (κ1) is 27.1. The van der Waals surface area contributed by atoms with Gasteiger partial charge in [-0.1, -0.05) is 68.3 Å². The van der Waals surface area contributed by atoms with E-state index in [0.717, 1.165) is 62.1 Å². The zero-order valence-electron chi connectivity index (χ0n) is 21.0. The molecule has 1 aliphatic rings. The summed E-state index contributed by atoms with van der Waals surface area (Å²) in [6.07, 6.45) is 4.71. The maximum atomic E-state index is 12.7. The van der Waals surface area contributed by atoms with Crippen LogP contribution >= 0.6 is 0 Å². The lowest BCUT2D eigenvalue weighted by Gasteiger charge is -2.34. The highest BCUT2D eigenvalue weighted by molar-refractivity contribution is 5.94. The summed E-state index contributed by atoms with van der Waals surface area (Å²) in [4.78, 5) is 17.1. The van der Waals surface area contributed by atoms with E-state index in [1.165, 1.54) is 6.42 Å². The summed E-state index contributed by atoms with van der Waals surface area (Å²) in [6.45, 7) is 6.72. The van der Waals surface area contributed by atoms with Crippen LogP contribution in [0.1, 0.15) is 39.0 Å². The molecule has 7 heteroatoms. The molecule has 1 saturated heterocycles. The van der Waals surface area contributed by atoms with Crippen LogP contribution in [0.5, 0.6) is 0 Å². The Morgan fingerprint density at radius 3 is 2.49 bits per heavy atom. The second kappa shape index (κ2) is 14.8. The number of amides is 2. The van der Waals surface area contributed by atoms with Gasteiger partial charge in [0, 0.05) is 44.3 Å². The van der Waals surface area contributed by atoms with E-state index in [9.17, 15) is 15.0 Å². The van der Waals surface area contributed by atoms with Crippen molar-refractivity contribution in [2.45, 2.75) is 51.2 Å². The van der Waals surface area contributed by atoms with Crippen LogP contribution in [0.25, 0.3) is 11.1 Å². The Morgan fingerprint density at radius 1 is 1.06 bits per heavy atom. The number of likely N-dealkylation sites (tertiary alicyclic amines) is 1. The van der Waals surface area contributed by atoms with E-state index < -0.39 is 6.10 Å². The van der Waals surface area contributed by atoms with Crippen molar-refractivity contribution in [1.82, 2.24) is 15.1 Å². The first-order chi connectivity index (χ1) is 17.1. The molecule has 1 fully saturated rings. The fraction of sp³-hybridized carbons (Fsp3) is 0.536. The number of benzene rings is 2. The third-order valence-electron chi connectivity index (χ3n) is 6.61. The molecule has 0 saturated carbocycles. The van der Waals surface area contributed by atoms with Crippen LogP contribution in [0.4, 0.5) is 10.5 Å². The Hall–Kier alpha value is -2.45. The van der Waals surface area contributed by atoms with E-state index in [0.29, 0.717) is 19.6 Å². The van der Waals surface area contributed by atoms with E-state index in [4.69, 9.17) is 0 Å². The van der Waals surface area contributed by atoms with Crippen molar-refractivity contribution < 1.29 is 15.0 Å². The topological polar surface area (TPSA) is 88.1 Å². The fourth-order valence-electron chi connectivity index (χ4n) is 4.74. The van der Waals surface area contributed by atoms with Gasteiger partial charge in [-0.05, 0) is 37.4 Å². The lowest BCUT2D eigenvalue weighted by atomic mass is 10.0. The number of hydrogen-bond donors (Lipinski definition) is 4. The first-order valence-corrected chi connectivity index (χ1v) is 13.0. The average molecular weight is 483 g/mol. The Labute approximate surface area is 210 Å². The van der Waals surface area contributed by atoms with Crippen molar-refractivity contribution in [3.05, 3.63) is 54.6 Å². The number of unbranched alkanes of at least 4 members (excludes halogenated alkanes) is 2. The Balaban J connectivity index is 1.41. The van der Waals surface area contributed by atoms with Crippen molar-refractivity contribution in [1.29, 1.82) is 0 Å². The second-order valence-electron chi connectivity index (χ2n) is 9.47. The molecule has 35 heavy (non-hydrogen) atoms. The largest absolute Gasteiger partial charge is 0.395 e. The number of aliphatic hydroxyl groups excluding tert-OH is 2. The summed E-state index contributed by atoms with van der Waals surface area (Å²) in [5.41, 5.74) is 2.86. The minimum Gasteiger partial charge on any atom is -0.395 e. The number of carbonyl (C=O) groups excluding carboxylic acids is 1. The van der Waals surface area contributed by atoms with Gasteiger partial charge in [-0.15, -0.1) is 0 Å². The van der Waals surface area contributed by atoms with Gasteiger partial charge in [0.15, 0.2) is 0 Å². The molecule has 1 unspecified atom stereocenters. The number of rotatable bonds is 13. The van der Waals surface area contributed by atoms with Crippen molar-refractivity contribution in [3.63, 3.8) is 0 Å². The summed E-state index contributed by atoms with van der Waals surface area (Å²) >= 11 is 0. The average Bonchev–Trinajstić information content (AvgIpc) is 2.86. The van der Waals surface area contributed by atoms with Crippen LogP contribution in [0.15, 0.2) is 54.6 Å². The molecule has 2 aromatic carbocycles. The Bertz CT molecular complexity index is 872. The SMILES string of the molecule is CCCCCN(CCO)CC(O)CN1CCC(NC(=O)Nc2ccccc2-c2ccccc2)CC1. The van der Waals surface area contributed by atoms with Gasteiger partial charge in [-0.3, -0.25) is 4.90 Å². The van der Waals surface area contributed by atoms with Crippen LogP contribution in [0.2, 0.25) is 0 Å². The van der Waals surface area contributed by atoms with Gasteiger partial charge < -0.3 is 25.7 Å². The van der Waals surface area contributed by atoms with Gasteiger partial charge in [0.25, 0.3) is 0 Å². The number of anilines is 1. The smallest absolute Gasteiger partial charge is 0.319 e. The summed E-state index contributed by atoms with van der Waals surface area (Å²) in [5.74, 6) is 0. The Morgan fingerprint density at radius 2 is 1.77 bits per heavy atom. The van der Waals surface area contributed by atoms with Crippen LogP contribution in [0, 0.1) is 0 Å². The van der Waals surface area contributed by atoms with Crippen molar-refractivity contribution in [3.8, 4) is 11.1 Å². The van der Waals surface area contributed by atoms with E-state index in [2.05, 4.69) is 27.4 Å². The molecule has 1 aliphatic heterocycles. The third kappa shape index (κ3) is 9.26. The molecule has 0 radical (unpaired) electrons. The highest BCUT2D eigenvalue weighted by atomic mass is 16.3. The summed E-state index contributed by atoms with van der Waals surface area (Å²) < 4.78 is 0. The number of piperidine rings is 1. The molecule has 2 aromatic rings. The molecule has 0 aliphatic carbocycles. The number of β-amino-alcohol motifs (C(OH)–C–C–N with tert-alkyl or cyclic N) is 1. The molecule has 0 spiro atoms. The second-order valence-corrected chi connectivity index (χ2v) is 9.47. The maximum absolute atomic E-state index is 12.7. The van der Waals surface area contributed by atoms with E-state index >= 15 is 0 Å². The molecule has 0 aromatic heterocycles. The number of urea groups is 1. The predicted octanol–water partition coefficient (Wildman–Crippen LogP) is 3.78. The van der Waals surface area contributed by atoms with Gasteiger partial charge in [-0.2, -0.15) is 0 Å². The van der Waals surface area contributed by atoms with Crippen molar-refractivity contribution in [2.75, 3.05) is 51.2 Å². The van der Waals surface area contributed by atoms with Crippen LogP contribution in [-0.2, 0) is 0 Å². The highest BCUT2D eigenvalue weighted by Crippen LogP contribution is 2.27. The number of carbonyl (C=O) groups is 1. The van der Waals surface area contributed by atoms with E-state index in [1.54, 1.807) is 0 Å². The lowest BCUT2D eigenvalue weighted by molar-refractivity contribution is 0.0576. The number of nitrogens with one attached hydrogen (secondary N) is 2. The Kier molecular flexibility index (Phi) is 11.5. The molecule has 1 heterocycles. The molecular weight excluding hydrogens is 440 g/mol. The molecule has 0 bridgehead atoms. The lowest BCUT2D eigenvalue weighted by Crippen LogP contribution is -2.49. The molecular formula is C28H42N4O3. The van der Waals surface area contributed by atoms with E-state index in [-0.39, 0.29) is 18.7 Å². The molecule has 4 N–H and O–H groups in total. The molecule has 2 amide bonds. The molecule has 192 valence electrons. The van der Waals surface area contributed by atoms with Crippen LogP contribution < -0.4 is 10.6 Å². The fourth-order valence-corrected chi connectivity index (χ4v) is 4.74. The highest BCUT2D eigenvalue weighted by Gasteiger charge is 2.23. The van der Waals surface area contributed by atoms with Crippen LogP contribution in [0.3, 0.4) is 0 Å². The molecule has 3 rings (SSSR count). The normalized spacial score (nSPS) is 15.8. The van der Waals surface area contributed by atoms with Gasteiger partial charge >= 0.3 is 6.03 Å². The predicted molar refractivity (Wildman–Crippen MR) is 143 cm³/mol. The molecule has 1 atom stereocenters. The minimum atomic E-state index is -0.439.